The lowest BCUT2D eigenvalue weighted by Crippen LogP contribution is -2.56. The monoisotopic (exact) mass is 456 g/mol. The number of benzene rings is 5. The molecule has 0 atom stereocenters. The standard InChI is InChI=1S/C30H13B5N2/c31-24-25(32)27(34)30(28(35)26(24)33)37-19-11-4-2-7-16(19)22-20(37)12-13-21-23(22)17-9-5-8-15-14-6-1-3-10-18(14)36(21)29(15)17/h1-13H. The summed E-state index contributed by atoms with van der Waals surface area (Å²) in [6.45, 7) is 0. The average Bonchev–Trinajstić information content (AvgIpc) is 3.56. The van der Waals surface area contributed by atoms with Gasteiger partial charge in [-0.05, 0) is 24.3 Å². The first-order valence-electron chi connectivity index (χ1n) is 12.1. The number of rotatable bonds is 1. The van der Waals surface area contributed by atoms with Crippen LogP contribution in [0.2, 0.25) is 0 Å². The summed E-state index contributed by atoms with van der Waals surface area (Å²) in [6.07, 6.45) is 0. The second kappa shape index (κ2) is 7.07. The van der Waals surface area contributed by atoms with Gasteiger partial charge in [-0.1, -0.05) is 65.5 Å². The first-order chi connectivity index (χ1) is 18.0. The molecule has 3 heterocycles. The second-order valence-corrected chi connectivity index (χ2v) is 9.68. The van der Waals surface area contributed by atoms with Crippen molar-refractivity contribution in [3.63, 3.8) is 0 Å². The Morgan fingerprint density at radius 3 is 1.70 bits per heavy atom. The van der Waals surface area contributed by atoms with Crippen molar-refractivity contribution in [1.82, 2.24) is 8.97 Å². The fourth-order valence-electron chi connectivity index (χ4n) is 6.30. The van der Waals surface area contributed by atoms with Crippen molar-refractivity contribution in [2.24, 2.45) is 0 Å². The summed E-state index contributed by atoms with van der Waals surface area (Å²) in [5, 5.41) is 7.10. The molecule has 10 radical (unpaired) electrons. The van der Waals surface area contributed by atoms with E-state index in [1.54, 1.807) is 0 Å². The van der Waals surface area contributed by atoms with Gasteiger partial charge < -0.3 is 8.97 Å². The Labute approximate surface area is 219 Å². The number of aromatic nitrogens is 2. The lowest BCUT2D eigenvalue weighted by atomic mass is 9.61. The lowest BCUT2D eigenvalue weighted by molar-refractivity contribution is 1.21. The Balaban J connectivity index is 1.66. The Kier molecular flexibility index (Phi) is 4.04. The molecule has 0 saturated carbocycles. The van der Waals surface area contributed by atoms with Crippen LogP contribution in [0.15, 0.2) is 78.9 Å². The Morgan fingerprint density at radius 2 is 0.946 bits per heavy atom. The van der Waals surface area contributed by atoms with Gasteiger partial charge in [0.05, 0.1) is 27.6 Å². The van der Waals surface area contributed by atoms with Crippen LogP contribution >= 0.6 is 0 Å². The van der Waals surface area contributed by atoms with Gasteiger partial charge in [0.15, 0.2) is 0 Å². The van der Waals surface area contributed by atoms with E-state index in [1.807, 2.05) is 6.07 Å². The lowest BCUT2D eigenvalue weighted by Gasteiger charge is -2.23. The van der Waals surface area contributed by atoms with Gasteiger partial charge >= 0.3 is 0 Å². The van der Waals surface area contributed by atoms with Gasteiger partial charge in [-0.3, -0.25) is 0 Å². The molecule has 0 N–H and O–H groups in total. The fraction of sp³-hybridized carbons (Fsp3) is 0. The largest absolute Gasteiger partial charge is 0.310 e. The Bertz CT molecular complexity index is 2230. The molecule has 0 unspecified atom stereocenters. The van der Waals surface area contributed by atoms with Crippen LogP contribution in [0.1, 0.15) is 0 Å². The van der Waals surface area contributed by atoms with Crippen molar-refractivity contribution in [1.29, 1.82) is 0 Å². The summed E-state index contributed by atoms with van der Waals surface area (Å²) in [6, 6.07) is 27.7. The van der Waals surface area contributed by atoms with Crippen molar-refractivity contribution in [3.8, 4) is 5.69 Å². The summed E-state index contributed by atoms with van der Waals surface area (Å²) in [5.74, 6) is 0. The van der Waals surface area contributed by atoms with E-state index < -0.39 is 0 Å². The fourth-order valence-corrected chi connectivity index (χ4v) is 6.30. The number of para-hydroxylation sites is 3. The van der Waals surface area contributed by atoms with Gasteiger partial charge in [-0.25, -0.2) is 0 Å². The van der Waals surface area contributed by atoms with Crippen LogP contribution in [0.3, 0.4) is 0 Å². The van der Waals surface area contributed by atoms with Crippen LogP contribution in [-0.4, -0.2) is 48.2 Å². The third-order valence-electron chi connectivity index (χ3n) is 7.92. The molecule has 0 spiro atoms. The minimum absolute atomic E-state index is 0.207. The van der Waals surface area contributed by atoms with E-state index in [0.29, 0.717) is 16.6 Å². The number of nitrogens with zero attached hydrogens (tertiary/aromatic N) is 2. The van der Waals surface area contributed by atoms with E-state index >= 15 is 0 Å². The molecule has 0 aliphatic rings. The zero-order chi connectivity index (χ0) is 25.2. The van der Waals surface area contributed by atoms with E-state index in [4.69, 9.17) is 39.2 Å². The van der Waals surface area contributed by atoms with Gasteiger partial charge in [0, 0.05) is 38.0 Å². The molecule has 158 valence electrons. The first kappa shape index (κ1) is 21.1. The van der Waals surface area contributed by atoms with Gasteiger partial charge in [-0.2, -0.15) is 0 Å². The summed E-state index contributed by atoms with van der Waals surface area (Å²) in [7, 11) is 31.8. The summed E-state index contributed by atoms with van der Waals surface area (Å²) in [4.78, 5) is 0. The maximum absolute atomic E-state index is 6.55. The summed E-state index contributed by atoms with van der Waals surface area (Å²) in [5.41, 5.74) is 7.35. The molecule has 0 aliphatic carbocycles. The van der Waals surface area contributed by atoms with Gasteiger partial charge in [0.1, 0.15) is 39.2 Å². The highest BCUT2D eigenvalue weighted by Crippen LogP contribution is 2.44. The van der Waals surface area contributed by atoms with E-state index in [2.05, 4.69) is 81.8 Å². The number of hydrogen-bond acceptors (Lipinski definition) is 0. The molecule has 8 aromatic rings. The van der Waals surface area contributed by atoms with Gasteiger partial charge in [-0.15, -0.1) is 16.4 Å². The molecule has 0 aliphatic heterocycles. The zero-order valence-electron chi connectivity index (χ0n) is 19.8. The average molecular weight is 456 g/mol. The van der Waals surface area contributed by atoms with E-state index in [1.165, 1.54) is 32.6 Å². The predicted molar refractivity (Wildman–Crippen MR) is 162 cm³/mol. The molecular formula is C30H13B5N2. The molecule has 8 rings (SSSR count). The van der Waals surface area contributed by atoms with Crippen LogP contribution in [0.25, 0.3) is 65.6 Å². The van der Waals surface area contributed by atoms with E-state index in [-0.39, 0.29) is 16.4 Å². The first-order valence-corrected chi connectivity index (χ1v) is 12.1. The van der Waals surface area contributed by atoms with Crippen molar-refractivity contribution < 1.29 is 0 Å². The molecule has 0 amide bonds. The quantitative estimate of drug-likeness (QED) is 0.335. The smallest absolute Gasteiger partial charge is 0.115 e. The van der Waals surface area contributed by atoms with Gasteiger partial charge in [0.25, 0.3) is 0 Å². The zero-order valence-corrected chi connectivity index (χ0v) is 19.8. The van der Waals surface area contributed by atoms with Crippen LogP contribution < -0.4 is 27.3 Å². The van der Waals surface area contributed by atoms with E-state index in [9.17, 15) is 0 Å². The Morgan fingerprint density at radius 1 is 0.405 bits per heavy atom. The highest BCUT2D eigenvalue weighted by Gasteiger charge is 2.23. The molecule has 7 heteroatoms. The highest BCUT2D eigenvalue weighted by atomic mass is 15.0. The molecule has 0 saturated heterocycles. The summed E-state index contributed by atoms with van der Waals surface area (Å²) < 4.78 is 4.44. The Hall–Kier alpha value is -3.98. The highest BCUT2D eigenvalue weighted by molar-refractivity contribution is 6.68. The topological polar surface area (TPSA) is 9.34 Å². The predicted octanol–water partition coefficient (Wildman–Crippen LogP) is 1.90. The molecule has 5 aromatic carbocycles. The van der Waals surface area contributed by atoms with Crippen molar-refractivity contribution in [3.05, 3.63) is 78.9 Å². The molecular weight excluding hydrogens is 442 g/mol. The maximum Gasteiger partial charge on any atom is 0.115 e. The molecule has 37 heavy (non-hydrogen) atoms. The van der Waals surface area contributed by atoms with Crippen molar-refractivity contribution in [2.45, 2.75) is 0 Å². The maximum atomic E-state index is 6.55. The minimum atomic E-state index is 0.207. The molecule has 3 aromatic heterocycles. The van der Waals surface area contributed by atoms with Crippen LogP contribution in [-0.2, 0) is 0 Å². The third kappa shape index (κ3) is 2.43. The molecule has 2 nitrogen and oxygen atoms in total. The van der Waals surface area contributed by atoms with Crippen molar-refractivity contribution in [2.75, 3.05) is 0 Å². The summed E-state index contributed by atoms with van der Waals surface area (Å²) >= 11 is 0. The van der Waals surface area contributed by atoms with Gasteiger partial charge in [0.2, 0.25) is 0 Å². The third-order valence-corrected chi connectivity index (χ3v) is 7.92. The van der Waals surface area contributed by atoms with Crippen LogP contribution in [0, 0.1) is 0 Å². The molecule has 0 fully saturated rings. The second-order valence-electron chi connectivity index (χ2n) is 9.68. The van der Waals surface area contributed by atoms with Crippen molar-refractivity contribution >= 4 is 126 Å². The minimum Gasteiger partial charge on any atom is -0.310 e. The van der Waals surface area contributed by atoms with E-state index in [0.717, 1.165) is 27.3 Å². The normalized spacial score (nSPS) is 12.3. The van der Waals surface area contributed by atoms with Crippen LogP contribution in [0.5, 0.6) is 0 Å². The molecule has 0 bridgehead atoms. The van der Waals surface area contributed by atoms with Crippen LogP contribution in [0.4, 0.5) is 0 Å². The number of hydrogen-bond donors (Lipinski definition) is 0. The number of fused-ring (bicyclic) bond motifs is 10. The SMILES string of the molecule is [B]c1c([B])c([B])c(-n2c3ccccc3c3c4c5cccc6c7ccccc7n(c4ccc32)c65)c([B])c1[B].